The summed E-state index contributed by atoms with van der Waals surface area (Å²) in [5.41, 5.74) is 0. The second-order valence-corrected chi connectivity index (χ2v) is 7.63. The molecule has 2 heterocycles. The van der Waals surface area contributed by atoms with Crippen LogP contribution in [0.15, 0.2) is 12.7 Å². The first-order valence-electron chi connectivity index (χ1n) is 5.81. The molecule has 18 heavy (non-hydrogen) atoms. The van der Waals surface area contributed by atoms with E-state index in [1.54, 1.807) is 22.7 Å². The molecule has 0 spiro atoms. The number of thioether (sulfide) groups is 2. The van der Waals surface area contributed by atoms with Crippen molar-refractivity contribution in [3.63, 3.8) is 0 Å². The van der Waals surface area contributed by atoms with E-state index in [0.717, 1.165) is 5.75 Å². The molecule has 0 saturated carbocycles. The highest BCUT2D eigenvalue weighted by molar-refractivity contribution is 8.01. The van der Waals surface area contributed by atoms with Gasteiger partial charge in [0.15, 0.2) is 0 Å². The van der Waals surface area contributed by atoms with E-state index in [9.17, 15) is 9.59 Å². The topological polar surface area (TPSA) is 46.6 Å². The van der Waals surface area contributed by atoms with Crippen LogP contribution in [-0.2, 0) is 14.3 Å². The molecule has 0 aliphatic carbocycles. The quantitative estimate of drug-likeness (QED) is 0.254. The molecule has 0 aromatic heterocycles. The lowest BCUT2D eigenvalue weighted by Gasteiger charge is -2.37. The van der Waals surface area contributed by atoms with Gasteiger partial charge in [-0.25, -0.2) is 4.79 Å². The summed E-state index contributed by atoms with van der Waals surface area (Å²) in [5.74, 6) is 0.828. The first kappa shape index (κ1) is 13.8. The molecule has 2 aliphatic rings. The molecule has 2 aliphatic heterocycles. The standard InChI is InChI=1S/C12H17NO3S2/c1-4-5-17-7-16-11(15)10-12(2,3)18-9-6-8(14)13(9)10/h4,9-10H,1,5-7H2,2-3H3/t9-,10+/m1/s1. The number of fused-ring (bicyclic) bond motifs is 1. The highest BCUT2D eigenvalue weighted by atomic mass is 32.2. The smallest absolute Gasteiger partial charge is 0.331 e. The van der Waals surface area contributed by atoms with Gasteiger partial charge in [-0.3, -0.25) is 4.79 Å². The molecule has 0 aromatic rings. The predicted molar refractivity (Wildman–Crippen MR) is 74.3 cm³/mol. The first-order chi connectivity index (χ1) is 8.47. The summed E-state index contributed by atoms with van der Waals surface area (Å²) in [4.78, 5) is 25.3. The number of carbonyl (C=O) groups excluding carboxylic acids is 2. The zero-order chi connectivity index (χ0) is 13.3. The Balaban J connectivity index is 1.95. The largest absolute Gasteiger partial charge is 0.453 e. The number of rotatable bonds is 5. The fraction of sp³-hybridized carbons (Fsp3) is 0.667. The van der Waals surface area contributed by atoms with E-state index < -0.39 is 6.04 Å². The van der Waals surface area contributed by atoms with Gasteiger partial charge in [-0.15, -0.1) is 30.1 Å². The second-order valence-electron chi connectivity index (χ2n) is 4.82. The molecule has 0 radical (unpaired) electrons. The second kappa shape index (κ2) is 5.17. The molecule has 100 valence electrons. The van der Waals surface area contributed by atoms with Crippen LogP contribution in [0.2, 0.25) is 0 Å². The third-order valence-corrected chi connectivity index (χ3v) is 5.32. The fourth-order valence-corrected chi connectivity index (χ4v) is 4.35. The zero-order valence-electron chi connectivity index (χ0n) is 10.5. The van der Waals surface area contributed by atoms with Crippen LogP contribution in [0.4, 0.5) is 0 Å². The van der Waals surface area contributed by atoms with E-state index in [2.05, 4.69) is 6.58 Å². The van der Waals surface area contributed by atoms with Crippen LogP contribution in [0.3, 0.4) is 0 Å². The molecule has 0 unspecified atom stereocenters. The van der Waals surface area contributed by atoms with Crippen molar-refractivity contribution in [1.82, 2.24) is 4.90 Å². The van der Waals surface area contributed by atoms with Crippen molar-refractivity contribution in [3.05, 3.63) is 12.7 Å². The van der Waals surface area contributed by atoms with Crippen LogP contribution in [0, 0.1) is 0 Å². The lowest BCUT2D eigenvalue weighted by Crippen LogP contribution is -2.57. The van der Waals surface area contributed by atoms with Crippen LogP contribution in [0.25, 0.3) is 0 Å². The number of hydrogen-bond acceptors (Lipinski definition) is 5. The van der Waals surface area contributed by atoms with Crippen LogP contribution >= 0.6 is 23.5 Å². The Morgan fingerprint density at radius 2 is 2.44 bits per heavy atom. The van der Waals surface area contributed by atoms with Gasteiger partial charge in [-0.2, -0.15) is 0 Å². The number of carbonyl (C=O) groups is 2. The Labute approximate surface area is 115 Å². The number of hydrogen-bond donors (Lipinski definition) is 0. The van der Waals surface area contributed by atoms with E-state index >= 15 is 0 Å². The summed E-state index contributed by atoms with van der Waals surface area (Å²) >= 11 is 3.17. The number of amides is 1. The normalized spacial score (nSPS) is 28.6. The molecule has 0 aromatic carbocycles. The number of nitrogens with zero attached hydrogens (tertiary/aromatic N) is 1. The molecule has 4 nitrogen and oxygen atoms in total. The van der Waals surface area contributed by atoms with Gasteiger partial charge in [0, 0.05) is 10.5 Å². The van der Waals surface area contributed by atoms with Gasteiger partial charge in [0.25, 0.3) is 0 Å². The average molecular weight is 287 g/mol. The maximum absolute atomic E-state index is 12.1. The first-order valence-corrected chi connectivity index (χ1v) is 7.85. The summed E-state index contributed by atoms with van der Waals surface area (Å²) < 4.78 is 4.97. The van der Waals surface area contributed by atoms with Gasteiger partial charge < -0.3 is 9.64 Å². The van der Waals surface area contributed by atoms with Crippen molar-refractivity contribution in [1.29, 1.82) is 0 Å². The van der Waals surface area contributed by atoms with Crippen molar-refractivity contribution in [3.8, 4) is 0 Å². The molecule has 1 amide bonds. The fourth-order valence-electron chi connectivity index (χ4n) is 2.27. The maximum Gasteiger partial charge on any atom is 0.331 e. The molecule has 2 rings (SSSR count). The highest BCUT2D eigenvalue weighted by Gasteiger charge is 2.59. The van der Waals surface area contributed by atoms with Crippen molar-refractivity contribution in [2.45, 2.75) is 36.4 Å². The molecular weight excluding hydrogens is 270 g/mol. The predicted octanol–water partition coefficient (Wildman–Crippen LogP) is 1.86. The van der Waals surface area contributed by atoms with E-state index in [1.165, 1.54) is 11.8 Å². The van der Waals surface area contributed by atoms with Crippen molar-refractivity contribution in [2.24, 2.45) is 0 Å². The number of β-lactam (4-membered cyclic amide) rings is 1. The Bertz CT molecular complexity index is 384. The Hall–Kier alpha value is -0.620. The lowest BCUT2D eigenvalue weighted by molar-refractivity contribution is -0.159. The van der Waals surface area contributed by atoms with Gasteiger partial charge in [-0.1, -0.05) is 6.08 Å². The number of esters is 1. The lowest BCUT2D eigenvalue weighted by atomic mass is 9.98. The van der Waals surface area contributed by atoms with Gasteiger partial charge in [0.2, 0.25) is 5.91 Å². The Morgan fingerprint density at radius 1 is 1.72 bits per heavy atom. The monoisotopic (exact) mass is 287 g/mol. The SMILES string of the molecule is C=CCSCOC(=O)[C@@H]1N2C(=O)C[C@H]2SC1(C)C. The highest BCUT2D eigenvalue weighted by Crippen LogP contribution is 2.50. The molecular formula is C12H17NO3S2. The average Bonchev–Trinajstić information content (AvgIpc) is 2.51. The van der Waals surface area contributed by atoms with Crippen molar-refractivity contribution < 1.29 is 14.3 Å². The molecule has 0 N–H and O–H groups in total. The van der Waals surface area contributed by atoms with Crippen molar-refractivity contribution in [2.75, 3.05) is 11.7 Å². The number of ether oxygens (including phenoxy) is 1. The molecule has 0 bridgehead atoms. The Morgan fingerprint density at radius 3 is 3.06 bits per heavy atom. The summed E-state index contributed by atoms with van der Waals surface area (Å²) in [6, 6.07) is -0.446. The minimum Gasteiger partial charge on any atom is -0.453 e. The third kappa shape index (κ3) is 2.40. The van der Waals surface area contributed by atoms with Gasteiger partial charge in [-0.05, 0) is 13.8 Å². The minimum atomic E-state index is -0.446. The molecule has 2 fully saturated rings. The summed E-state index contributed by atoms with van der Waals surface area (Å²) in [5, 5.41) is 0.158. The van der Waals surface area contributed by atoms with E-state index in [0.29, 0.717) is 12.4 Å². The van der Waals surface area contributed by atoms with Crippen LogP contribution in [0.5, 0.6) is 0 Å². The van der Waals surface area contributed by atoms with Crippen LogP contribution in [0.1, 0.15) is 20.3 Å². The van der Waals surface area contributed by atoms with Gasteiger partial charge >= 0.3 is 5.97 Å². The third-order valence-electron chi connectivity index (χ3n) is 3.07. The summed E-state index contributed by atoms with van der Waals surface area (Å²) in [6.45, 7) is 7.59. The zero-order valence-corrected chi connectivity index (χ0v) is 12.2. The minimum absolute atomic E-state index is 0.0544. The van der Waals surface area contributed by atoms with Gasteiger partial charge in [0.1, 0.15) is 12.0 Å². The summed E-state index contributed by atoms with van der Waals surface area (Å²) in [6.07, 6.45) is 2.31. The van der Waals surface area contributed by atoms with Gasteiger partial charge in [0.05, 0.1) is 11.8 Å². The summed E-state index contributed by atoms with van der Waals surface area (Å²) in [7, 11) is 0. The maximum atomic E-state index is 12.1. The van der Waals surface area contributed by atoms with E-state index in [1.807, 2.05) is 13.8 Å². The van der Waals surface area contributed by atoms with E-state index in [4.69, 9.17) is 4.74 Å². The molecule has 2 atom stereocenters. The van der Waals surface area contributed by atoms with Crippen molar-refractivity contribution >= 4 is 35.4 Å². The Kier molecular flexibility index (Phi) is 3.96. The molecule has 2 saturated heterocycles. The molecule has 6 heteroatoms. The van der Waals surface area contributed by atoms with Crippen LogP contribution in [-0.4, -0.2) is 44.6 Å². The van der Waals surface area contributed by atoms with Crippen LogP contribution < -0.4 is 0 Å². The van der Waals surface area contributed by atoms with E-state index in [-0.39, 0.29) is 22.0 Å².